The Morgan fingerprint density at radius 1 is 1.03 bits per heavy atom. The molecule has 7 heteroatoms. The molecule has 156 valence electrons. The minimum absolute atomic E-state index is 0. The molecule has 0 fully saturated rings. The standard InChI is InChI=1S/C22H25F2N2O2.BrH/c1-16-6-10-18(11-7-16)26-20-5-3-2-4-14-25(20)15-22(26,27)17-8-12-19(13-9-17)28-21(23)24;/h6-13,21,27H,2-5,14-15H2,1H3;1H/q+1;/p-1. The minimum atomic E-state index is -2.86. The van der Waals surface area contributed by atoms with Gasteiger partial charge in [-0.1, -0.05) is 17.7 Å². The van der Waals surface area contributed by atoms with Crippen LogP contribution in [-0.4, -0.2) is 35.2 Å². The first-order chi connectivity index (χ1) is 13.5. The summed E-state index contributed by atoms with van der Waals surface area (Å²) in [6.07, 6.45) is 4.27. The molecule has 2 aliphatic rings. The molecule has 0 aliphatic carbocycles. The monoisotopic (exact) mass is 466 g/mol. The summed E-state index contributed by atoms with van der Waals surface area (Å²) in [5.74, 6) is 1.21. The van der Waals surface area contributed by atoms with Gasteiger partial charge in [-0.3, -0.25) is 4.58 Å². The third-order valence-electron chi connectivity index (χ3n) is 5.57. The van der Waals surface area contributed by atoms with E-state index in [4.69, 9.17) is 0 Å². The second-order valence-electron chi connectivity index (χ2n) is 7.54. The summed E-state index contributed by atoms with van der Waals surface area (Å²) in [6.45, 7) is 0.530. The lowest BCUT2D eigenvalue weighted by molar-refractivity contribution is -0.534. The first-order valence-electron chi connectivity index (χ1n) is 9.73. The van der Waals surface area contributed by atoms with E-state index in [1.807, 2.05) is 36.1 Å². The Hall–Kier alpha value is -1.99. The van der Waals surface area contributed by atoms with Crippen LogP contribution < -0.4 is 26.6 Å². The number of aryl methyl sites for hydroxylation is 1. The Labute approximate surface area is 180 Å². The van der Waals surface area contributed by atoms with Crippen molar-refractivity contribution in [3.05, 3.63) is 59.7 Å². The molecule has 2 heterocycles. The molecule has 2 aromatic carbocycles. The smallest absolute Gasteiger partial charge is 0.387 e. The fraction of sp³-hybridized carbons (Fsp3) is 0.409. The van der Waals surface area contributed by atoms with E-state index in [9.17, 15) is 13.9 Å². The Kier molecular flexibility index (Phi) is 6.58. The van der Waals surface area contributed by atoms with Crippen molar-refractivity contribution in [3.63, 3.8) is 0 Å². The number of rotatable bonds is 4. The number of amidine groups is 1. The van der Waals surface area contributed by atoms with Crippen LogP contribution in [0.15, 0.2) is 48.5 Å². The summed E-state index contributed by atoms with van der Waals surface area (Å²) in [6, 6.07) is 14.4. The van der Waals surface area contributed by atoms with Gasteiger partial charge in [-0.2, -0.15) is 13.7 Å². The Morgan fingerprint density at radius 2 is 1.72 bits per heavy atom. The number of aliphatic hydroxyl groups is 1. The quantitative estimate of drug-likeness (QED) is 0.688. The van der Waals surface area contributed by atoms with Crippen molar-refractivity contribution < 1.29 is 40.2 Å². The van der Waals surface area contributed by atoms with Gasteiger partial charge in [0.05, 0.1) is 6.54 Å². The molecule has 0 bridgehead atoms. The van der Waals surface area contributed by atoms with Crippen LogP contribution in [0.4, 0.5) is 14.5 Å². The van der Waals surface area contributed by atoms with Crippen molar-refractivity contribution >= 4 is 11.5 Å². The Morgan fingerprint density at radius 3 is 2.38 bits per heavy atom. The van der Waals surface area contributed by atoms with E-state index in [0.717, 1.165) is 42.9 Å². The average molecular weight is 467 g/mol. The summed E-state index contributed by atoms with van der Waals surface area (Å²) in [7, 11) is 0. The number of alkyl halides is 2. The summed E-state index contributed by atoms with van der Waals surface area (Å²) >= 11 is 0. The van der Waals surface area contributed by atoms with Gasteiger partial charge in [0.15, 0.2) is 6.54 Å². The molecule has 4 nitrogen and oxygen atoms in total. The summed E-state index contributed by atoms with van der Waals surface area (Å²) < 4.78 is 31.6. The van der Waals surface area contributed by atoms with Gasteiger partial charge in [0.25, 0.3) is 11.6 Å². The molecule has 2 aliphatic heterocycles. The highest BCUT2D eigenvalue weighted by molar-refractivity contribution is 5.97. The van der Waals surface area contributed by atoms with Gasteiger partial charge in [-0.05, 0) is 62.6 Å². The van der Waals surface area contributed by atoms with Gasteiger partial charge >= 0.3 is 6.61 Å². The van der Waals surface area contributed by atoms with E-state index in [1.54, 1.807) is 12.1 Å². The van der Waals surface area contributed by atoms with Gasteiger partial charge in [-0.25, -0.2) is 0 Å². The predicted molar refractivity (Wildman–Crippen MR) is 104 cm³/mol. The van der Waals surface area contributed by atoms with Crippen molar-refractivity contribution in [2.24, 2.45) is 0 Å². The van der Waals surface area contributed by atoms with Gasteiger partial charge in [-0.15, -0.1) is 0 Å². The number of nitrogens with zero attached hydrogens (tertiary/aromatic N) is 2. The number of hydrogen-bond acceptors (Lipinski definition) is 3. The van der Waals surface area contributed by atoms with E-state index < -0.39 is 12.3 Å². The van der Waals surface area contributed by atoms with Crippen LogP contribution in [0.5, 0.6) is 5.75 Å². The average Bonchev–Trinajstić information content (AvgIpc) is 2.79. The Bertz CT molecular complexity index is 871. The van der Waals surface area contributed by atoms with Crippen LogP contribution in [0.25, 0.3) is 0 Å². The number of benzene rings is 2. The normalized spacial score (nSPS) is 21.6. The van der Waals surface area contributed by atoms with Gasteiger partial charge in [0.1, 0.15) is 11.4 Å². The van der Waals surface area contributed by atoms with Gasteiger partial charge in [0.2, 0.25) is 0 Å². The fourth-order valence-electron chi connectivity index (χ4n) is 4.20. The highest BCUT2D eigenvalue weighted by Crippen LogP contribution is 2.38. The van der Waals surface area contributed by atoms with Crippen LogP contribution in [-0.2, 0) is 5.72 Å². The van der Waals surface area contributed by atoms with Gasteiger partial charge < -0.3 is 26.8 Å². The first-order valence-corrected chi connectivity index (χ1v) is 9.73. The second kappa shape index (κ2) is 8.79. The minimum Gasteiger partial charge on any atom is -1.00 e. The van der Waals surface area contributed by atoms with Crippen LogP contribution in [0.3, 0.4) is 0 Å². The molecule has 0 amide bonds. The fourth-order valence-corrected chi connectivity index (χ4v) is 4.20. The molecule has 0 saturated carbocycles. The van der Waals surface area contributed by atoms with E-state index in [-0.39, 0.29) is 22.7 Å². The topological polar surface area (TPSA) is 35.7 Å². The van der Waals surface area contributed by atoms with Crippen molar-refractivity contribution in [1.29, 1.82) is 0 Å². The van der Waals surface area contributed by atoms with Crippen LogP contribution in [0, 0.1) is 6.92 Å². The van der Waals surface area contributed by atoms with E-state index >= 15 is 0 Å². The molecule has 0 radical (unpaired) electrons. The SMILES string of the molecule is Cc1ccc(N2C3=[N+](CCCCC3)CC2(O)c2ccc(OC(F)F)cc2)cc1.[Br-]. The van der Waals surface area contributed by atoms with Crippen molar-refractivity contribution in [2.75, 3.05) is 18.0 Å². The molecular formula is C22H25BrF2N2O2. The number of anilines is 1. The highest BCUT2D eigenvalue weighted by Gasteiger charge is 2.54. The highest BCUT2D eigenvalue weighted by atomic mass is 79.9. The zero-order chi connectivity index (χ0) is 19.7. The maximum absolute atomic E-state index is 12.5. The zero-order valence-electron chi connectivity index (χ0n) is 16.3. The molecular weight excluding hydrogens is 442 g/mol. The molecule has 0 spiro atoms. The third-order valence-corrected chi connectivity index (χ3v) is 5.57. The second-order valence-corrected chi connectivity index (χ2v) is 7.54. The lowest BCUT2D eigenvalue weighted by Gasteiger charge is -2.29. The molecule has 1 unspecified atom stereocenters. The van der Waals surface area contributed by atoms with Crippen molar-refractivity contribution in [1.82, 2.24) is 0 Å². The molecule has 1 atom stereocenters. The lowest BCUT2D eigenvalue weighted by Crippen LogP contribution is -3.00. The number of ether oxygens (including phenoxy) is 1. The summed E-state index contributed by atoms with van der Waals surface area (Å²) in [5.41, 5.74) is 1.49. The number of halogens is 3. The molecule has 29 heavy (non-hydrogen) atoms. The van der Waals surface area contributed by atoms with E-state index in [0.29, 0.717) is 12.1 Å². The van der Waals surface area contributed by atoms with Crippen LogP contribution in [0.2, 0.25) is 0 Å². The van der Waals surface area contributed by atoms with Gasteiger partial charge in [0, 0.05) is 12.0 Å². The largest absolute Gasteiger partial charge is 1.00 e. The number of hydrogen-bond donors (Lipinski definition) is 1. The lowest BCUT2D eigenvalue weighted by atomic mass is 9.99. The zero-order valence-corrected chi connectivity index (χ0v) is 17.9. The maximum atomic E-state index is 12.5. The maximum Gasteiger partial charge on any atom is 0.387 e. The van der Waals surface area contributed by atoms with Crippen molar-refractivity contribution in [3.8, 4) is 5.75 Å². The molecule has 0 saturated heterocycles. The van der Waals surface area contributed by atoms with E-state index in [1.165, 1.54) is 18.6 Å². The first kappa shape index (κ1) is 21.7. The van der Waals surface area contributed by atoms with E-state index in [2.05, 4.69) is 9.31 Å². The predicted octanol–water partition coefficient (Wildman–Crippen LogP) is 1.25. The van der Waals surface area contributed by atoms with Crippen molar-refractivity contribution in [2.45, 2.75) is 44.9 Å². The summed E-state index contributed by atoms with van der Waals surface area (Å²) in [5, 5.41) is 11.8. The van der Waals surface area contributed by atoms with Crippen LogP contribution >= 0.6 is 0 Å². The van der Waals surface area contributed by atoms with Crippen LogP contribution in [0.1, 0.15) is 36.8 Å². The molecule has 1 N–H and O–H groups in total. The Balaban J connectivity index is 0.00000240. The molecule has 2 aromatic rings. The summed E-state index contributed by atoms with van der Waals surface area (Å²) in [4.78, 5) is 2.01. The molecule has 4 rings (SSSR count). The third kappa shape index (κ3) is 4.31. The molecule has 0 aromatic heterocycles.